The molecule has 1 aromatic heterocycles. The number of hydrogen-bond donors (Lipinski definition) is 1. The number of para-hydroxylation sites is 1. The van der Waals surface area contributed by atoms with Crippen molar-refractivity contribution in [2.24, 2.45) is 5.41 Å². The van der Waals surface area contributed by atoms with Crippen molar-refractivity contribution in [2.45, 2.75) is 20.3 Å². The van der Waals surface area contributed by atoms with Gasteiger partial charge < -0.3 is 9.88 Å². The van der Waals surface area contributed by atoms with E-state index in [1.807, 2.05) is 35.4 Å². The van der Waals surface area contributed by atoms with Crippen molar-refractivity contribution >= 4 is 16.8 Å². The first-order chi connectivity index (χ1) is 8.57. The van der Waals surface area contributed by atoms with Gasteiger partial charge in [0.15, 0.2) is 0 Å². The molecule has 0 spiro atoms. The molecule has 0 saturated carbocycles. The number of nitrogens with zero attached hydrogens (tertiary/aromatic N) is 1. The van der Waals surface area contributed by atoms with Crippen LogP contribution in [0.4, 0.5) is 0 Å². The second kappa shape index (κ2) is 3.87. The lowest BCUT2D eigenvalue weighted by Crippen LogP contribution is -2.30. The molecule has 0 aliphatic carbocycles. The minimum absolute atomic E-state index is 0.151. The van der Waals surface area contributed by atoms with E-state index in [0.717, 1.165) is 36.0 Å². The summed E-state index contributed by atoms with van der Waals surface area (Å²) in [5.41, 5.74) is 2.07. The van der Waals surface area contributed by atoms with Gasteiger partial charge in [0, 0.05) is 30.2 Å². The van der Waals surface area contributed by atoms with Gasteiger partial charge in [0.05, 0.1) is 5.56 Å². The zero-order chi connectivity index (χ0) is 12.8. The highest BCUT2D eigenvalue weighted by molar-refractivity contribution is 6.06. The molecule has 3 heteroatoms. The molecule has 1 fully saturated rings. The van der Waals surface area contributed by atoms with Crippen LogP contribution in [0.15, 0.2) is 30.5 Å². The summed E-state index contributed by atoms with van der Waals surface area (Å²) in [6, 6.07) is 7.95. The standard InChI is InChI=1S/C15H18N2O/c1-15(2)7-8-17(10-15)14(18)12-9-16-13-6-4-3-5-11(12)13/h3-6,9,16H,7-8,10H2,1-2H3. The van der Waals surface area contributed by atoms with E-state index in [2.05, 4.69) is 18.8 Å². The Morgan fingerprint density at radius 2 is 2.11 bits per heavy atom. The zero-order valence-corrected chi connectivity index (χ0v) is 10.9. The maximum absolute atomic E-state index is 12.5. The molecule has 1 aromatic carbocycles. The molecule has 3 nitrogen and oxygen atoms in total. The molecule has 0 atom stereocenters. The highest BCUT2D eigenvalue weighted by Gasteiger charge is 2.33. The number of fused-ring (bicyclic) bond motifs is 1. The van der Waals surface area contributed by atoms with Gasteiger partial charge in [-0.3, -0.25) is 4.79 Å². The predicted molar refractivity (Wildman–Crippen MR) is 72.6 cm³/mol. The maximum atomic E-state index is 12.5. The maximum Gasteiger partial charge on any atom is 0.256 e. The minimum atomic E-state index is 0.151. The van der Waals surface area contributed by atoms with Crippen molar-refractivity contribution in [1.82, 2.24) is 9.88 Å². The molecule has 2 heterocycles. The molecule has 2 aromatic rings. The second-order valence-corrected chi connectivity index (χ2v) is 5.89. The Hall–Kier alpha value is -1.77. The van der Waals surface area contributed by atoms with Crippen molar-refractivity contribution in [1.29, 1.82) is 0 Å². The van der Waals surface area contributed by atoms with Gasteiger partial charge in [-0.1, -0.05) is 32.0 Å². The van der Waals surface area contributed by atoms with Crippen molar-refractivity contribution < 1.29 is 4.79 Å². The Kier molecular flexibility index (Phi) is 2.44. The lowest BCUT2D eigenvalue weighted by molar-refractivity contribution is 0.0780. The van der Waals surface area contributed by atoms with Gasteiger partial charge >= 0.3 is 0 Å². The topological polar surface area (TPSA) is 36.1 Å². The summed E-state index contributed by atoms with van der Waals surface area (Å²) in [4.78, 5) is 17.6. The average molecular weight is 242 g/mol. The fourth-order valence-electron chi connectivity index (χ4n) is 2.70. The summed E-state index contributed by atoms with van der Waals surface area (Å²) >= 11 is 0. The van der Waals surface area contributed by atoms with Gasteiger partial charge in [0.2, 0.25) is 0 Å². The number of aromatic amines is 1. The van der Waals surface area contributed by atoms with Crippen LogP contribution < -0.4 is 0 Å². The average Bonchev–Trinajstić information content (AvgIpc) is 2.91. The third-order valence-corrected chi connectivity index (χ3v) is 3.78. The number of H-pyrrole nitrogens is 1. The van der Waals surface area contributed by atoms with Crippen molar-refractivity contribution in [2.75, 3.05) is 13.1 Å². The van der Waals surface area contributed by atoms with Crippen molar-refractivity contribution in [3.05, 3.63) is 36.0 Å². The molecule has 94 valence electrons. The van der Waals surface area contributed by atoms with Gasteiger partial charge in [0.25, 0.3) is 5.91 Å². The molecule has 1 saturated heterocycles. The van der Waals surface area contributed by atoms with Gasteiger partial charge in [-0.05, 0) is 17.9 Å². The quantitative estimate of drug-likeness (QED) is 0.819. The second-order valence-electron chi connectivity index (χ2n) is 5.89. The molecule has 1 aliphatic rings. The third kappa shape index (κ3) is 1.80. The molecular weight excluding hydrogens is 224 g/mol. The Morgan fingerprint density at radius 1 is 1.33 bits per heavy atom. The summed E-state index contributed by atoms with van der Waals surface area (Å²) in [7, 11) is 0. The van der Waals surface area contributed by atoms with Crippen LogP contribution in [0.2, 0.25) is 0 Å². The van der Waals surface area contributed by atoms with E-state index in [9.17, 15) is 4.79 Å². The molecule has 1 N–H and O–H groups in total. The van der Waals surface area contributed by atoms with E-state index in [4.69, 9.17) is 0 Å². The lowest BCUT2D eigenvalue weighted by atomic mass is 9.93. The number of hydrogen-bond acceptors (Lipinski definition) is 1. The smallest absolute Gasteiger partial charge is 0.256 e. The molecule has 0 radical (unpaired) electrons. The van der Waals surface area contributed by atoms with Crippen molar-refractivity contribution in [3.8, 4) is 0 Å². The molecular formula is C15H18N2O. The van der Waals surface area contributed by atoms with E-state index in [1.165, 1.54) is 0 Å². The van der Waals surface area contributed by atoms with E-state index in [1.54, 1.807) is 0 Å². The predicted octanol–water partition coefficient (Wildman–Crippen LogP) is 3.04. The Bertz CT molecular complexity index is 597. The molecule has 1 aliphatic heterocycles. The summed E-state index contributed by atoms with van der Waals surface area (Å²) in [5, 5.41) is 1.02. The number of likely N-dealkylation sites (tertiary alicyclic amines) is 1. The summed E-state index contributed by atoms with van der Waals surface area (Å²) in [6.45, 7) is 6.15. The van der Waals surface area contributed by atoms with Gasteiger partial charge in [0.1, 0.15) is 0 Å². The monoisotopic (exact) mass is 242 g/mol. The van der Waals surface area contributed by atoms with E-state index in [-0.39, 0.29) is 11.3 Å². The third-order valence-electron chi connectivity index (χ3n) is 3.78. The van der Waals surface area contributed by atoms with Gasteiger partial charge in [-0.25, -0.2) is 0 Å². The van der Waals surface area contributed by atoms with E-state index in [0.29, 0.717) is 0 Å². The first-order valence-corrected chi connectivity index (χ1v) is 6.42. The summed E-state index contributed by atoms with van der Waals surface area (Å²) in [5.74, 6) is 0.151. The van der Waals surface area contributed by atoms with E-state index < -0.39 is 0 Å². The van der Waals surface area contributed by atoms with Crippen LogP contribution >= 0.6 is 0 Å². The Balaban J connectivity index is 1.93. The molecule has 0 bridgehead atoms. The van der Waals surface area contributed by atoms with E-state index >= 15 is 0 Å². The number of rotatable bonds is 1. The Morgan fingerprint density at radius 3 is 2.83 bits per heavy atom. The zero-order valence-electron chi connectivity index (χ0n) is 10.9. The number of aromatic nitrogens is 1. The van der Waals surface area contributed by atoms with Crippen LogP contribution in [0.25, 0.3) is 10.9 Å². The fourth-order valence-corrected chi connectivity index (χ4v) is 2.70. The van der Waals surface area contributed by atoms with Crippen LogP contribution in [0, 0.1) is 5.41 Å². The Labute approximate surface area is 107 Å². The van der Waals surface area contributed by atoms with Gasteiger partial charge in [-0.15, -0.1) is 0 Å². The lowest BCUT2D eigenvalue weighted by Gasteiger charge is -2.19. The molecule has 18 heavy (non-hydrogen) atoms. The number of benzene rings is 1. The van der Waals surface area contributed by atoms with Crippen LogP contribution in [-0.2, 0) is 0 Å². The fraction of sp³-hybridized carbons (Fsp3) is 0.400. The van der Waals surface area contributed by atoms with Crippen LogP contribution in [0.1, 0.15) is 30.6 Å². The number of nitrogens with one attached hydrogen (secondary N) is 1. The SMILES string of the molecule is CC1(C)CCN(C(=O)c2c[nH]c3ccccc23)C1. The molecule has 1 amide bonds. The first kappa shape index (κ1) is 11.3. The van der Waals surface area contributed by atoms with Crippen LogP contribution in [0.5, 0.6) is 0 Å². The normalized spacial score (nSPS) is 18.4. The number of carbonyl (C=O) groups excluding carboxylic acids is 1. The first-order valence-electron chi connectivity index (χ1n) is 6.42. The summed E-state index contributed by atoms with van der Waals surface area (Å²) < 4.78 is 0. The van der Waals surface area contributed by atoms with Crippen LogP contribution in [-0.4, -0.2) is 28.9 Å². The highest BCUT2D eigenvalue weighted by Crippen LogP contribution is 2.30. The van der Waals surface area contributed by atoms with Gasteiger partial charge in [-0.2, -0.15) is 0 Å². The van der Waals surface area contributed by atoms with Crippen LogP contribution in [0.3, 0.4) is 0 Å². The minimum Gasteiger partial charge on any atom is -0.360 e. The largest absolute Gasteiger partial charge is 0.360 e. The molecule has 3 rings (SSSR count). The number of amides is 1. The highest BCUT2D eigenvalue weighted by atomic mass is 16.2. The van der Waals surface area contributed by atoms with Crippen molar-refractivity contribution in [3.63, 3.8) is 0 Å². The molecule has 0 unspecified atom stereocenters. The summed E-state index contributed by atoms with van der Waals surface area (Å²) in [6.07, 6.45) is 2.92. The number of carbonyl (C=O) groups is 1.